The maximum Gasteiger partial charge on any atom is 0.140 e. The molecule has 2 aliphatic rings. The first kappa shape index (κ1) is 7.92. The van der Waals surface area contributed by atoms with Crippen LogP contribution in [0.4, 0.5) is 0 Å². The third-order valence-corrected chi connectivity index (χ3v) is 3.75. The van der Waals surface area contributed by atoms with Gasteiger partial charge in [0.2, 0.25) is 0 Å². The minimum absolute atomic E-state index is 0.722. The van der Waals surface area contributed by atoms with E-state index in [9.17, 15) is 0 Å². The molecule has 1 heterocycles. The maximum absolute atomic E-state index is 5.36. The van der Waals surface area contributed by atoms with Crippen molar-refractivity contribution in [3.05, 3.63) is 17.0 Å². The molecule has 2 nitrogen and oxygen atoms in total. The molecule has 2 aliphatic carbocycles. The highest BCUT2D eigenvalue weighted by atomic mass is 32.1. The van der Waals surface area contributed by atoms with E-state index >= 15 is 0 Å². The van der Waals surface area contributed by atoms with Gasteiger partial charge in [-0.15, -0.1) is 0 Å². The van der Waals surface area contributed by atoms with Crippen LogP contribution in [0.5, 0.6) is 0 Å². The highest BCUT2D eigenvalue weighted by Crippen LogP contribution is 2.47. The third-order valence-electron chi connectivity index (χ3n) is 3.45. The van der Waals surface area contributed by atoms with Crippen LogP contribution in [0.15, 0.2) is 4.52 Å². The molecule has 1 fully saturated rings. The lowest BCUT2D eigenvalue weighted by Crippen LogP contribution is -2.09. The van der Waals surface area contributed by atoms with Crippen LogP contribution in [0.1, 0.15) is 42.2 Å². The van der Waals surface area contributed by atoms with Gasteiger partial charge in [0, 0.05) is 17.7 Å². The van der Waals surface area contributed by atoms with Crippen molar-refractivity contribution in [2.24, 2.45) is 5.92 Å². The Morgan fingerprint density at radius 1 is 1.46 bits per heavy atom. The molecule has 2 atom stereocenters. The number of aromatic nitrogens is 1. The summed E-state index contributed by atoms with van der Waals surface area (Å²) in [7, 11) is 0. The quantitative estimate of drug-likeness (QED) is 0.697. The Kier molecular flexibility index (Phi) is 1.69. The second kappa shape index (κ2) is 2.77. The summed E-state index contributed by atoms with van der Waals surface area (Å²) in [6.45, 7) is 0. The van der Waals surface area contributed by atoms with Crippen molar-refractivity contribution >= 4 is 12.6 Å². The van der Waals surface area contributed by atoms with Crippen molar-refractivity contribution in [1.82, 2.24) is 5.16 Å². The van der Waals surface area contributed by atoms with Crippen molar-refractivity contribution in [2.45, 2.75) is 37.4 Å². The van der Waals surface area contributed by atoms with E-state index in [2.05, 4.69) is 17.8 Å². The van der Waals surface area contributed by atoms with Crippen LogP contribution >= 0.6 is 12.6 Å². The van der Waals surface area contributed by atoms with Crippen LogP contribution in [0.3, 0.4) is 0 Å². The molecule has 0 aliphatic heterocycles. The molecule has 1 saturated carbocycles. The van der Waals surface area contributed by atoms with E-state index in [1.165, 1.54) is 24.8 Å². The lowest BCUT2D eigenvalue weighted by molar-refractivity contribution is 0.346. The van der Waals surface area contributed by atoms with Crippen LogP contribution in [0.2, 0.25) is 0 Å². The fraction of sp³-hybridized carbons (Fsp3) is 0.700. The van der Waals surface area contributed by atoms with Gasteiger partial charge in [-0.1, -0.05) is 5.16 Å². The van der Waals surface area contributed by atoms with Gasteiger partial charge < -0.3 is 4.52 Å². The molecule has 13 heavy (non-hydrogen) atoms. The summed E-state index contributed by atoms with van der Waals surface area (Å²) in [5, 5.41) is 4.08. The Morgan fingerprint density at radius 3 is 3.23 bits per heavy atom. The first-order valence-electron chi connectivity index (χ1n) is 4.96. The van der Waals surface area contributed by atoms with Crippen LogP contribution in [-0.2, 0) is 12.2 Å². The summed E-state index contributed by atoms with van der Waals surface area (Å²) in [6, 6.07) is 0. The van der Waals surface area contributed by atoms with E-state index < -0.39 is 0 Å². The number of fused-ring (bicyclic) bond motifs is 4. The summed E-state index contributed by atoms with van der Waals surface area (Å²) >= 11 is 4.28. The molecular formula is C10H13NOS. The molecule has 0 spiro atoms. The van der Waals surface area contributed by atoms with E-state index in [4.69, 9.17) is 4.52 Å². The average Bonchev–Trinajstić information content (AvgIpc) is 2.71. The molecule has 0 amide bonds. The summed E-state index contributed by atoms with van der Waals surface area (Å²) in [5.41, 5.74) is 2.49. The monoisotopic (exact) mass is 195 g/mol. The maximum atomic E-state index is 5.36. The summed E-state index contributed by atoms with van der Waals surface area (Å²) < 4.78 is 5.36. The average molecular weight is 195 g/mol. The lowest BCUT2D eigenvalue weighted by Gasteiger charge is -2.17. The minimum Gasteiger partial charge on any atom is -0.361 e. The molecule has 0 radical (unpaired) electrons. The fourth-order valence-electron chi connectivity index (χ4n) is 2.88. The summed E-state index contributed by atoms with van der Waals surface area (Å²) in [6.07, 6.45) is 5.18. The van der Waals surface area contributed by atoms with Gasteiger partial charge >= 0.3 is 0 Å². The van der Waals surface area contributed by atoms with E-state index in [1.54, 1.807) is 0 Å². The van der Waals surface area contributed by atoms with Gasteiger partial charge in [0.1, 0.15) is 5.76 Å². The highest BCUT2D eigenvalue weighted by molar-refractivity contribution is 7.79. The Morgan fingerprint density at radius 2 is 2.38 bits per heavy atom. The Bertz CT molecular complexity index is 334. The SMILES string of the molecule is SCc1noc2c1[C@H]1CC[C@@H](C2)C1. The van der Waals surface area contributed by atoms with E-state index in [0.29, 0.717) is 0 Å². The number of rotatable bonds is 1. The predicted octanol–water partition coefficient (Wildman–Crippen LogP) is 2.54. The van der Waals surface area contributed by atoms with Gasteiger partial charge in [0.05, 0.1) is 5.69 Å². The molecule has 0 unspecified atom stereocenters. The first-order chi connectivity index (χ1) is 6.38. The predicted molar refractivity (Wildman–Crippen MR) is 53.0 cm³/mol. The van der Waals surface area contributed by atoms with Crippen LogP contribution in [0.25, 0.3) is 0 Å². The standard InChI is InChI=1S/C10H13NOS/c13-5-8-10-7-2-1-6(3-7)4-9(10)12-11-8/h6-7,13H,1-5H2/t6-,7+/m1/s1. The minimum atomic E-state index is 0.722. The molecule has 70 valence electrons. The molecule has 1 aromatic rings. The van der Waals surface area contributed by atoms with Crippen LogP contribution in [-0.4, -0.2) is 5.16 Å². The van der Waals surface area contributed by atoms with Crippen molar-refractivity contribution in [3.8, 4) is 0 Å². The highest BCUT2D eigenvalue weighted by Gasteiger charge is 2.37. The molecule has 3 heteroatoms. The molecule has 0 aromatic carbocycles. The normalized spacial score (nSPS) is 30.5. The van der Waals surface area contributed by atoms with Gasteiger partial charge in [-0.3, -0.25) is 0 Å². The van der Waals surface area contributed by atoms with Crippen LogP contribution in [0, 0.1) is 5.92 Å². The zero-order valence-electron chi connectivity index (χ0n) is 7.49. The summed E-state index contributed by atoms with van der Waals surface area (Å²) in [4.78, 5) is 0. The number of thiol groups is 1. The van der Waals surface area contributed by atoms with Crippen molar-refractivity contribution in [1.29, 1.82) is 0 Å². The van der Waals surface area contributed by atoms with E-state index in [0.717, 1.165) is 35.5 Å². The molecular weight excluding hydrogens is 182 g/mol. The second-order valence-corrected chi connectivity index (χ2v) is 4.52. The second-order valence-electron chi connectivity index (χ2n) is 4.20. The van der Waals surface area contributed by atoms with Gasteiger partial charge in [-0.25, -0.2) is 0 Å². The van der Waals surface area contributed by atoms with Crippen molar-refractivity contribution in [3.63, 3.8) is 0 Å². The van der Waals surface area contributed by atoms with Crippen molar-refractivity contribution < 1.29 is 4.52 Å². The number of hydrogen-bond donors (Lipinski definition) is 1. The van der Waals surface area contributed by atoms with Gasteiger partial charge in [0.15, 0.2) is 0 Å². The van der Waals surface area contributed by atoms with E-state index in [-0.39, 0.29) is 0 Å². The first-order valence-corrected chi connectivity index (χ1v) is 5.60. The Hall–Kier alpha value is -0.440. The topological polar surface area (TPSA) is 26.0 Å². The van der Waals surface area contributed by atoms with Gasteiger partial charge in [0.25, 0.3) is 0 Å². The largest absolute Gasteiger partial charge is 0.361 e. The molecule has 0 saturated heterocycles. The molecule has 0 N–H and O–H groups in total. The zero-order valence-corrected chi connectivity index (χ0v) is 8.39. The number of hydrogen-bond acceptors (Lipinski definition) is 3. The smallest absolute Gasteiger partial charge is 0.140 e. The zero-order chi connectivity index (χ0) is 8.84. The summed E-state index contributed by atoms with van der Waals surface area (Å²) in [5.74, 6) is 3.49. The fourth-order valence-corrected chi connectivity index (χ4v) is 3.11. The molecule has 1 aromatic heterocycles. The van der Waals surface area contributed by atoms with Crippen molar-refractivity contribution in [2.75, 3.05) is 0 Å². The van der Waals surface area contributed by atoms with Crippen LogP contribution < -0.4 is 0 Å². The number of nitrogens with zero attached hydrogens (tertiary/aromatic N) is 1. The molecule has 3 rings (SSSR count). The van der Waals surface area contributed by atoms with Gasteiger partial charge in [-0.05, 0) is 31.1 Å². The third kappa shape index (κ3) is 1.06. The Labute approximate surface area is 83.1 Å². The Balaban J connectivity index is 2.09. The molecule has 2 bridgehead atoms. The van der Waals surface area contributed by atoms with Gasteiger partial charge in [-0.2, -0.15) is 12.6 Å². The lowest BCUT2D eigenvalue weighted by atomic mass is 9.86. The van der Waals surface area contributed by atoms with E-state index in [1.807, 2.05) is 0 Å².